The second-order valence-corrected chi connectivity index (χ2v) is 4.88. The Bertz CT molecular complexity index is 830. The number of alkyl halides is 2. The van der Waals surface area contributed by atoms with Crippen LogP contribution in [0.4, 0.5) is 8.78 Å². The van der Waals surface area contributed by atoms with Crippen molar-refractivity contribution >= 4 is 11.9 Å². The number of halogens is 2. The van der Waals surface area contributed by atoms with E-state index in [9.17, 15) is 18.7 Å². The Kier molecular flexibility index (Phi) is 4.07. The molecule has 0 atom stereocenters. The topological polar surface area (TPSA) is 65.0 Å². The van der Waals surface area contributed by atoms with Gasteiger partial charge in [0.2, 0.25) is 5.78 Å². The van der Waals surface area contributed by atoms with Gasteiger partial charge in [0.1, 0.15) is 11.5 Å². The lowest BCUT2D eigenvalue weighted by Gasteiger charge is -2.12. The van der Waals surface area contributed by atoms with Crippen molar-refractivity contribution in [2.24, 2.45) is 0 Å². The summed E-state index contributed by atoms with van der Waals surface area (Å²) in [5.41, 5.74) is 0.480. The first kappa shape index (κ1) is 15.8. The van der Waals surface area contributed by atoms with E-state index in [0.717, 1.165) is 0 Å². The first-order chi connectivity index (χ1) is 11.5. The molecule has 0 bridgehead atoms. The summed E-state index contributed by atoms with van der Waals surface area (Å²) >= 11 is 0. The minimum Gasteiger partial charge on any atom is -0.508 e. The van der Waals surface area contributed by atoms with Crippen molar-refractivity contribution in [3.8, 4) is 23.0 Å². The van der Waals surface area contributed by atoms with Crippen LogP contribution in [0.3, 0.4) is 0 Å². The number of phenols is 1. The lowest BCUT2D eigenvalue weighted by Crippen LogP contribution is -2.06. The van der Waals surface area contributed by atoms with Gasteiger partial charge in [0.05, 0.1) is 12.7 Å². The molecule has 0 aliphatic carbocycles. The van der Waals surface area contributed by atoms with Gasteiger partial charge in [0, 0.05) is 11.6 Å². The predicted molar refractivity (Wildman–Crippen MR) is 80.7 cm³/mol. The Labute approximate surface area is 135 Å². The van der Waals surface area contributed by atoms with Crippen molar-refractivity contribution in [1.29, 1.82) is 0 Å². The van der Waals surface area contributed by atoms with Gasteiger partial charge in [-0.25, -0.2) is 0 Å². The van der Waals surface area contributed by atoms with E-state index in [1.165, 1.54) is 43.5 Å². The zero-order valence-electron chi connectivity index (χ0n) is 12.5. The van der Waals surface area contributed by atoms with Gasteiger partial charge in [-0.1, -0.05) is 12.1 Å². The quantitative estimate of drug-likeness (QED) is 0.865. The number of aromatic hydroxyl groups is 1. The van der Waals surface area contributed by atoms with Crippen molar-refractivity contribution in [2.45, 2.75) is 6.61 Å². The van der Waals surface area contributed by atoms with Crippen molar-refractivity contribution in [3.05, 3.63) is 53.3 Å². The Morgan fingerprint density at radius 2 is 2.04 bits per heavy atom. The number of Topliss-reactive ketones (excluding diaryl/α,β-unsaturated/α-hetero) is 1. The molecule has 124 valence electrons. The lowest BCUT2D eigenvalue weighted by molar-refractivity contribution is -0.0513. The fourth-order valence-corrected chi connectivity index (χ4v) is 2.34. The minimum atomic E-state index is -3.05. The van der Waals surface area contributed by atoms with Crippen molar-refractivity contribution in [1.82, 2.24) is 0 Å². The molecular formula is C17H12F2O5. The molecule has 0 aromatic heterocycles. The minimum absolute atomic E-state index is 0.0501. The van der Waals surface area contributed by atoms with E-state index in [1.807, 2.05) is 0 Å². The maximum atomic E-state index is 12.6. The molecule has 2 aromatic carbocycles. The highest BCUT2D eigenvalue weighted by atomic mass is 19.3. The second-order valence-electron chi connectivity index (χ2n) is 4.88. The number of fused-ring (bicyclic) bond motifs is 1. The van der Waals surface area contributed by atoms with E-state index >= 15 is 0 Å². The molecule has 7 heteroatoms. The van der Waals surface area contributed by atoms with Gasteiger partial charge in [-0.2, -0.15) is 8.78 Å². The fourth-order valence-electron chi connectivity index (χ4n) is 2.34. The van der Waals surface area contributed by atoms with Gasteiger partial charge >= 0.3 is 6.61 Å². The number of hydrogen-bond acceptors (Lipinski definition) is 5. The van der Waals surface area contributed by atoms with Crippen LogP contribution in [0.2, 0.25) is 0 Å². The summed E-state index contributed by atoms with van der Waals surface area (Å²) in [6, 6.07) is 8.61. The highest BCUT2D eigenvalue weighted by molar-refractivity contribution is 6.14. The molecule has 1 N–H and O–H groups in total. The number of benzene rings is 2. The molecule has 0 amide bonds. The number of carbonyl (C=O) groups excluding carboxylic acids is 1. The number of para-hydroxylation sites is 1. The third-order valence-corrected chi connectivity index (χ3v) is 3.38. The summed E-state index contributed by atoms with van der Waals surface area (Å²) in [6.07, 6.45) is 1.29. The maximum absolute atomic E-state index is 12.6. The first-order valence-electron chi connectivity index (χ1n) is 6.88. The van der Waals surface area contributed by atoms with Crippen molar-refractivity contribution < 1.29 is 32.9 Å². The first-order valence-corrected chi connectivity index (χ1v) is 6.88. The normalized spacial score (nSPS) is 14.7. The summed E-state index contributed by atoms with van der Waals surface area (Å²) in [6.45, 7) is -3.05. The number of hydrogen-bond donors (Lipinski definition) is 1. The van der Waals surface area contributed by atoms with Gasteiger partial charge < -0.3 is 19.3 Å². The molecule has 1 aliphatic heterocycles. The number of ether oxygens (including phenoxy) is 3. The Morgan fingerprint density at radius 3 is 2.75 bits per heavy atom. The summed E-state index contributed by atoms with van der Waals surface area (Å²) in [5.74, 6) is -0.432. The van der Waals surface area contributed by atoms with Crippen molar-refractivity contribution in [2.75, 3.05) is 7.11 Å². The van der Waals surface area contributed by atoms with Gasteiger partial charge in [-0.05, 0) is 24.3 Å². The molecule has 0 saturated heterocycles. The Balaban J connectivity index is 2.02. The molecule has 0 saturated carbocycles. The van der Waals surface area contributed by atoms with E-state index in [4.69, 9.17) is 9.47 Å². The van der Waals surface area contributed by atoms with Crippen LogP contribution in [0.1, 0.15) is 15.9 Å². The van der Waals surface area contributed by atoms with E-state index in [0.29, 0.717) is 0 Å². The SMILES string of the molecule is COc1cccc(/C=C2\Oc3cc(O)ccc3C2=O)c1OC(F)F. The lowest BCUT2D eigenvalue weighted by atomic mass is 10.1. The zero-order chi connectivity index (χ0) is 17.3. The number of rotatable bonds is 4. The highest BCUT2D eigenvalue weighted by Crippen LogP contribution is 2.38. The van der Waals surface area contributed by atoms with E-state index < -0.39 is 12.4 Å². The number of methoxy groups -OCH3 is 1. The van der Waals surface area contributed by atoms with Crippen LogP contribution in [0.15, 0.2) is 42.2 Å². The molecule has 0 spiro atoms. The van der Waals surface area contributed by atoms with Crippen molar-refractivity contribution in [3.63, 3.8) is 0 Å². The molecule has 2 aromatic rings. The maximum Gasteiger partial charge on any atom is 0.387 e. The third kappa shape index (κ3) is 2.88. The van der Waals surface area contributed by atoms with Crippen LogP contribution in [0.5, 0.6) is 23.0 Å². The smallest absolute Gasteiger partial charge is 0.387 e. The highest BCUT2D eigenvalue weighted by Gasteiger charge is 2.28. The number of carbonyl (C=O) groups is 1. The largest absolute Gasteiger partial charge is 0.508 e. The van der Waals surface area contributed by atoms with Crippen LogP contribution < -0.4 is 14.2 Å². The molecule has 0 unspecified atom stereocenters. The summed E-state index contributed by atoms with van der Waals surface area (Å²) in [7, 11) is 1.32. The molecule has 1 heterocycles. The fraction of sp³-hybridized carbons (Fsp3) is 0.118. The average molecular weight is 334 g/mol. The number of phenolic OH excluding ortho intramolecular Hbond substituents is 1. The number of ketones is 1. The van der Waals surface area contributed by atoms with Crippen LogP contribution in [0, 0.1) is 0 Å². The molecule has 5 nitrogen and oxygen atoms in total. The van der Waals surface area contributed by atoms with Crippen LogP contribution in [-0.2, 0) is 0 Å². The summed E-state index contributed by atoms with van der Waals surface area (Å²) < 4.78 is 40.2. The predicted octanol–water partition coefficient (Wildman–Crippen LogP) is 3.62. The van der Waals surface area contributed by atoms with Gasteiger partial charge in [-0.3, -0.25) is 4.79 Å². The third-order valence-electron chi connectivity index (χ3n) is 3.38. The van der Waals surface area contributed by atoms with E-state index in [-0.39, 0.29) is 39.9 Å². The molecule has 0 fully saturated rings. The number of allylic oxidation sites excluding steroid dienone is 1. The molecule has 24 heavy (non-hydrogen) atoms. The monoisotopic (exact) mass is 334 g/mol. The van der Waals surface area contributed by atoms with Crippen LogP contribution in [0.25, 0.3) is 6.08 Å². The summed E-state index contributed by atoms with van der Waals surface area (Å²) in [4.78, 5) is 12.3. The Morgan fingerprint density at radius 1 is 1.25 bits per heavy atom. The molecular weight excluding hydrogens is 322 g/mol. The van der Waals surface area contributed by atoms with Crippen LogP contribution >= 0.6 is 0 Å². The summed E-state index contributed by atoms with van der Waals surface area (Å²) in [5, 5.41) is 9.44. The molecule has 1 aliphatic rings. The van der Waals surface area contributed by atoms with E-state index in [2.05, 4.69) is 4.74 Å². The molecule has 3 rings (SSSR count). The van der Waals surface area contributed by atoms with Gasteiger partial charge in [-0.15, -0.1) is 0 Å². The second kappa shape index (κ2) is 6.19. The van der Waals surface area contributed by atoms with Crippen LogP contribution in [-0.4, -0.2) is 24.6 Å². The van der Waals surface area contributed by atoms with Gasteiger partial charge in [0.25, 0.3) is 0 Å². The molecule has 0 radical (unpaired) electrons. The average Bonchev–Trinajstić information content (AvgIpc) is 2.84. The van der Waals surface area contributed by atoms with Gasteiger partial charge in [0.15, 0.2) is 17.3 Å². The standard InChI is InChI=1S/C17H12F2O5/c1-22-12-4-2-3-9(16(12)24-17(18)19)7-14-15(21)11-6-5-10(20)8-13(11)23-14/h2-8,17,20H,1H3/b14-7-. The Hall–Kier alpha value is -3.09. The van der Waals surface area contributed by atoms with E-state index in [1.54, 1.807) is 6.07 Å². The zero-order valence-corrected chi connectivity index (χ0v) is 12.5.